The Balaban J connectivity index is 1.49. The van der Waals surface area contributed by atoms with Crippen molar-refractivity contribution < 1.29 is 5.11 Å². The number of aliphatic hydroxyl groups is 1. The maximum Gasteiger partial charge on any atom is 0.225 e. The minimum absolute atomic E-state index is 0.0726. The summed E-state index contributed by atoms with van der Waals surface area (Å²) in [5.74, 6) is 1.78. The fourth-order valence-corrected chi connectivity index (χ4v) is 6.29. The largest absolute Gasteiger partial charge is 0.396 e. The van der Waals surface area contributed by atoms with Gasteiger partial charge in [0, 0.05) is 30.2 Å². The molecule has 0 saturated heterocycles. The molecule has 1 aliphatic carbocycles. The number of nitrogens with one attached hydrogen (secondary N) is 2. The molecule has 0 radical (unpaired) electrons. The molecule has 0 spiro atoms. The van der Waals surface area contributed by atoms with Crippen molar-refractivity contribution in [2.75, 3.05) is 17.2 Å². The zero-order valence-corrected chi connectivity index (χ0v) is 21.7. The highest BCUT2D eigenvalue weighted by Crippen LogP contribution is 2.40. The van der Waals surface area contributed by atoms with E-state index in [1.54, 1.807) is 11.3 Å². The monoisotopic (exact) mass is 490 g/mol. The van der Waals surface area contributed by atoms with Crippen molar-refractivity contribution in [3.8, 4) is 10.6 Å². The lowest BCUT2D eigenvalue weighted by Gasteiger charge is -2.20. The Kier molecular flexibility index (Phi) is 6.84. The Hall–Kier alpha value is -2.84. The maximum atomic E-state index is 9.63. The summed E-state index contributed by atoms with van der Waals surface area (Å²) < 4.78 is 0. The molecule has 7 nitrogen and oxygen atoms in total. The second-order valence-corrected chi connectivity index (χ2v) is 11.0. The number of hydrogen-bond donors (Lipinski definition) is 3. The Labute approximate surface area is 211 Å². The van der Waals surface area contributed by atoms with Crippen LogP contribution in [0, 0.1) is 19.8 Å². The molecule has 3 heterocycles. The number of hydrogen-bond acceptors (Lipinski definition) is 8. The van der Waals surface area contributed by atoms with Crippen molar-refractivity contribution in [1.29, 1.82) is 0 Å². The van der Waals surface area contributed by atoms with Crippen LogP contribution in [0.15, 0.2) is 29.3 Å². The Bertz CT molecular complexity index is 1240. The standard InChI is InChI=1S/C27H34N6OS/c1-15-6-5-7-20(12-15)16(2)29-27-30-17(3)23(25(33-27)31-21-9-8-19(13-21)14-34)26-32-24-18(4)28-11-10-22(24)35-26/h5-7,11-12,16,18-19,21,34H,8-10,13-14H2,1-4H3,(H2,29,30,31,33). The summed E-state index contributed by atoms with van der Waals surface area (Å²) in [6, 6.07) is 8.93. The highest BCUT2D eigenvalue weighted by Gasteiger charge is 2.28. The minimum Gasteiger partial charge on any atom is -0.396 e. The van der Waals surface area contributed by atoms with Gasteiger partial charge in [-0.15, -0.1) is 11.3 Å². The molecular weight excluding hydrogens is 456 g/mol. The summed E-state index contributed by atoms with van der Waals surface area (Å²) in [7, 11) is 0. The van der Waals surface area contributed by atoms with E-state index in [9.17, 15) is 5.11 Å². The average Bonchev–Trinajstić information content (AvgIpc) is 3.46. The molecule has 1 saturated carbocycles. The van der Waals surface area contributed by atoms with Gasteiger partial charge in [0.2, 0.25) is 5.95 Å². The van der Waals surface area contributed by atoms with Gasteiger partial charge in [-0.25, -0.2) is 9.97 Å². The Morgan fingerprint density at radius 3 is 2.77 bits per heavy atom. The van der Waals surface area contributed by atoms with Crippen LogP contribution < -0.4 is 10.6 Å². The molecule has 3 N–H and O–H groups in total. The number of aliphatic hydroxyl groups excluding tert-OH is 1. The molecule has 35 heavy (non-hydrogen) atoms. The summed E-state index contributed by atoms with van der Waals surface area (Å²) >= 11 is 1.72. The van der Waals surface area contributed by atoms with E-state index in [0.717, 1.165) is 53.5 Å². The number of rotatable bonds is 7. The molecular formula is C27H34N6OS. The predicted octanol–water partition coefficient (Wildman–Crippen LogP) is 5.65. The van der Waals surface area contributed by atoms with E-state index in [1.807, 2.05) is 13.1 Å². The number of aryl methyl sites for hydroxylation is 2. The van der Waals surface area contributed by atoms with Crippen molar-refractivity contribution in [2.45, 2.75) is 71.5 Å². The third-order valence-electron chi connectivity index (χ3n) is 7.06. The van der Waals surface area contributed by atoms with E-state index in [4.69, 9.17) is 15.0 Å². The van der Waals surface area contributed by atoms with Crippen LogP contribution in [-0.4, -0.2) is 38.9 Å². The molecule has 1 fully saturated rings. The molecule has 8 heteroatoms. The third kappa shape index (κ3) is 5.09. The molecule has 1 aliphatic heterocycles. The van der Waals surface area contributed by atoms with Crippen molar-refractivity contribution in [2.24, 2.45) is 10.9 Å². The SMILES string of the molecule is Cc1cccc(C(C)Nc2nc(C)c(-c3nc4c(s3)CC=NC4C)c(NC3CCC(CO)C3)n2)c1. The van der Waals surface area contributed by atoms with Gasteiger partial charge < -0.3 is 15.7 Å². The number of aliphatic imine (C=N–C) groups is 1. The Morgan fingerprint density at radius 2 is 2.03 bits per heavy atom. The molecule has 4 atom stereocenters. The van der Waals surface area contributed by atoms with Crippen LogP contribution in [-0.2, 0) is 6.42 Å². The van der Waals surface area contributed by atoms with Gasteiger partial charge in [0.1, 0.15) is 10.8 Å². The van der Waals surface area contributed by atoms with E-state index in [2.05, 4.69) is 60.7 Å². The second-order valence-electron chi connectivity index (χ2n) is 9.88. The summed E-state index contributed by atoms with van der Waals surface area (Å²) in [5.41, 5.74) is 5.37. The molecule has 184 valence electrons. The lowest BCUT2D eigenvalue weighted by Crippen LogP contribution is -2.19. The van der Waals surface area contributed by atoms with Gasteiger partial charge >= 0.3 is 0 Å². The van der Waals surface area contributed by atoms with Crippen LogP contribution in [0.1, 0.15) is 72.6 Å². The fraction of sp³-hybridized carbons (Fsp3) is 0.481. The van der Waals surface area contributed by atoms with Gasteiger partial charge in [-0.2, -0.15) is 4.98 Å². The summed E-state index contributed by atoms with van der Waals surface area (Å²) in [5, 5.41) is 17.8. The topological polar surface area (TPSA) is 95.3 Å². The van der Waals surface area contributed by atoms with Crippen LogP contribution >= 0.6 is 11.3 Å². The van der Waals surface area contributed by atoms with Crippen LogP contribution in [0.5, 0.6) is 0 Å². The number of nitrogens with zero attached hydrogens (tertiary/aromatic N) is 4. The van der Waals surface area contributed by atoms with E-state index >= 15 is 0 Å². The summed E-state index contributed by atoms with van der Waals surface area (Å²) in [6.45, 7) is 8.61. The van der Waals surface area contributed by atoms with Crippen molar-refractivity contribution in [1.82, 2.24) is 15.0 Å². The molecule has 0 amide bonds. The number of benzene rings is 1. The van der Waals surface area contributed by atoms with E-state index in [1.165, 1.54) is 16.0 Å². The van der Waals surface area contributed by atoms with E-state index < -0.39 is 0 Å². The van der Waals surface area contributed by atoms with Gasteiger partial charge in [-0.3, -0.25) is 4.99 Å². The first-order valence-electron chi connectivity index (χ1n) is 12.5. The molecule has 1 aromatic carbocycles. The number of anilines is 2. The summed E-state index contributed by atoms with van der Waals surface area (Å²) in [4.78, 5) is 20.7. The van der Waals surface area contributed by atoms with E-state index in [0.29, 0.717) is 11.9 Å². The minimum atomic E-state index is 0.0726. The van der Waals surface area contributed by atoms with Crippen LogP contribution in [0.2, 0.25) is 0 Å². The quantitative estimate of drug-likeness (QED) is 0.396. The van der Waals surface area contributed by atoms with Gasteiger partial charge in [-0.1, -0.05) is 29.8 Å². The molecule has 5 rings (SSSR count). The van der Waals surface area contributed by atoms with Gasteiger partial charge in [0.25, 0.3) is 0 Å². The van der Waals surface area contributed by atoms with Crippen molar-refractivity contribution >= 4 is 29.3 Å². The first kappa shape index (κ1) is 23.9. The number of fused-ring (bicyclic) bond motifs is 1. The molecule has 0 bridgehead atoms. The van der Waals surface area contributed by atoms with Crippen LogP contribution in [0.25, 0.3) is 10.6 Å². The van der Waals surface area contributed by atoms with Gasteiger partial charge in [0.05, 0.1) is 29.0 Å². The first-order chi connectivity index (χ1) is 16.9. The van der Waals surface area contributed by atoms with Gasteiger partial charge in [0.15, 0.2) is 0 Å². The van der Waals surface area contributed by atoms with Crippen LogP contribution in [0.3, 0.4) is 0 Å². The summed E-state index contributed by atoms with van der Waals surface area (Å²) in [6.07, 6.45) is 5.82. The second kappa shape index (κ2) is 10.0. The van der Waals surface area contributed by atoms with Crippen molar-refractivity contribution in [3.05, 3.63) is 51.7 Å². The average molecular weight is 491 g/mol. The Morgan fingerprint density at radius 1 is 1.17 bits per heavy atom. The smallest absolute Gasteiger partial charge is 0.225 e. The zero-order chi connectivity index (χ0) is 24.5. The highest BCUT2D eigenvalue weighted by atomic mass is 32.1. The van der Waals surface area contributed by atoms with Gasteiger partial charge in [-0.05, 0) is 58.4 Å². The number of thiazole rings is 1. The first-order valence-corrected chi connectivity index (χ1v) is 13.3. The molecule has 3 aromatic rings. The van der Waals surface area contributed by atoms with E-state index in [-0.39, 0.29) is 24.7 Å². The molecule has 4 unspecified atom stereocenters. The zero-order valence-electron chi connectivity index (χ0n) is 20.9. The maximum absolute atomic E-state index is 9.63. The predicted molar refractivity (Wildman–Crippen MR) is 144 cm³/mol. The fourth-order valence-electron chi connectivity index (χ4n) is 5.09. The molecule has 2 aromatic heterocycles. The lowest BCUT2D eigenvalue weighted by molar-refractivity contribution is 0.229. The lowest BCUT2D eigenvalue weighted by atomic mass is 10.1. The number of aromatic nitrogens is 3. The van der Waals surface area contributed by atoms with Crippen molar-refractivity contribution in [3.63, 3.8) is 0 Å². The van der Waals surface area contributed by atoms with Crippen LogP contribution in [0.4, 0.5) is 11.8 Å². The third-order valence-corrected chi connectivity index (χ3v) is 8.17. The molecule has 2 aliphatic rings. The highest BCUT2D eigenvalue weighted by molar-refractivity contribution is 7.15. The normalized spacial score (nSPS) is 22.1.